The molecule has 0 saturated heterocycles. The summed E-state index contributed by atoms with van der Waals surface area (Å²) in [6.07, 6.45) is 0.693. The highest BCUT2D eigenvalue weighted by Crippen LogP contribution is 2.25. The monoisotopic (exact) mass is 350 g/mol. The van der Waals surface area contributed by atoms with Gasteiger partial charge in [0.05, 0.1) is 6.04 Å². The minimum atomic E-state index is -0.246. The number of benzene rings is 2. The van der Waals surface area contributed by atoms with Gasteiger partial charge in [-0.1, -0.05) is 60.1 Å². The van der Waals surface area contributed by atoms with E-state index in [-0.39, 0.29) is 11.9 Å². The first kappa shape index (κ1) is 16.1. The number of halogens is 2. The van der Waals surface area contributed by atoms with Crippen molar-refractivity contribution in [1.82, 2.24) is 5.43 Å². The Bertz CT molecular complexity index is 596. The Kier molecular flexibility index (Phi) is 5.51. The minimum absolute atomic E-state index is 0.00651. The molecule has 0 aliphatic rings. The number of hydrogen-bond acceptors (Lipinski definition) is 2. The predicted octanol–water partition coefficient (Wildman–Crippen LogP) is 4.46. The molecule has 0 bridgehead atoms. The zero-order chi connectivity index (χ0) is 15.4. The third-order valence-corrected chi connectivity index (χ3v) is 4.38. The van der Waals surface area contributed by atoms with Crippen LogP contribution in [-0.2, 0) is 6.42 Å². The maximum Gasteiger partial charge on any atom is 0.124 e. The summed E-state index contributed by atoms with van der Waals surface area (Å²) in [5.41, 5.74) is 6.29. The van der Waals surface area contributed by atoms with E-state index in [4.69, 9.17) is 5.84 Å². The van der Waals surface area contributed by atoms with Crippen LogP contribution in [0, 0.1) is 5.82 Å². The Morgan fingerprint density at radius 2 is 1.71 bits per heavy atom. The standard InChI is InChI=1S/C17H20BrFN2/c1-11(2)12-3-5-13(6-4-12)17(21-20)9-14-7-8-15(19)10-16(14)18/h3-8,10-11,17,21H,9,20H2,1-2H3. The van der Waals surface area contributed by atoms with Crippen molar-refractivity contribution < 1.29 is 4.39 Å². The van der Waals surface area contributed by atoms with E-state index < -0.39 is 0 Å². The zero-order valence-corrected chi connectivity index (χ0v) is 13.8. The molecule has 0 spiro atoms. The number of hydrazine groups is 1. The molecule has 1 atom stereocenters. The summed E-state index contributed by atoms with van der Waals surface area (Å²) in [6, 6.07) is 13.2. The molecule has 4 heteroatoms. The van der Waals surface area contributed by atoms with Crippen LogP contribution in [0.15, 0.2) is 46.9 Å². The molecule has 0 aliphatic carbocycles. The largest absolute Gasteiger partial charge is 0.271 e. The summed E-state index contributed by atoms with van der Waals surface area (Å²) in [5, 5.41) is 0. The van der Waals surface area contributed by atoms with Gasteiger partial charge in [0, 0.05) is 4.47 Å². The highest BCUT2D eigenvalue weighted by molar-refractivity contribution is 9.10. The van der Waals surface area contributed by atoms with E-state index in [2.05, 4.69) is 59.5 Å². The van der Waals surface area contributed by atoms with Gasteiger partial charge in [-0.15, -0.1) is 0 Å². The summed E-state index contributed by atoms with van der Waals surface area (Å²) in [4.78, 5) is 0. The first-order chi connectivity index (χ1) is 10.0. The summed E-state index contributed by atoms with van der Waals surface area (Å²) < 4.78 is 13.9. The summed E-state index contributed by atoms with van der Waals surface area (Å²) in [7, 11) is 0. The van der Waals surface area contributed by atoms with Gasteiger partial charge in [0.2, 0.25) is 0 Å². The number of rotatable bonds is 5. The van der Waals surface area contributed by atoms with Gasteiger partial charge in [-0.05, 0) is 41.2 Å². The molecule has 0 heterocycles. The van der Waals surface area contributed by atoms with Gasteiger partial charge in [-0.3, -0.25) is 11.3 Å². The molecule has 0 radical (unpaired) electrons. The molecule has 0 fully saturated rings. The molecular formula is C17H20BrFN2. The molecule has 112 valence electrons. The van der Waals surface area contributed by atoms with Gasteiger partial charge >= 0.3 is 0 Å². The normalized spacial score (nSPS) is 12.7. The summed E-state index contributed by atoms with van der Waals surface area (Å²) >= 11 is 3.40. The number of nitrogens with one attached hydrogen (secondary N) is 1. The lowest BCUT2D eigenvalue weighted by molar-refractivity contribution is 0.549. The Balaban J connectivity index is 2.19. The van der Waals surface area contributed by atoms with Crippen LogP contribution in [0.2, 0.25) is 0 Å². The van der Waals surface area contributed by atoms with Crippen molar-refractivity contribution in [2.24, 2.45) is 5.84 Å². The predicted molar refractivity (Wildman–Crippen MR) is 88.4 cm³/mol. The van der Waals surface area contributed by atoms with Crippen molar-refractivity contribution in [3.8, 4) is 0 Å². The van der Waals surface area contributed by atoms with Crippen LogP contribution in [0.3, 0.4) is 0 Å². The van der Waals surface area contributed by atoms with E-state index in [9.17, 15) is 4.39 Å². The van der Waals surface area contributed by atoms with Crippen molar-refractivity contribution in [2.45, 2.75) is 32.2 Å². The third-order valence-electron chi connectivity index (χ3n) is 3.65. The molecule has 1 unspecified atom stereocenters. The Morgan fingerprint density at radius 3 is 2.24 bits per heavy atom. The third kappa shape index (κ3) is 4.13. The van der Waals surface area contributed by atoms with Crippen molar-refractivity contribution >= 4 is 15.9 Å². The molecule has 21 heavy (non-hydrogen) atoms. The van der Waals surface area contributed by atoms with Crippen molar-refractivity contribution in [1.29, 1.82) is 0 Å². The van der Waals surface area contributed by atoms with Crippen molar-refractivity contribution in [2.75, 3.05) is 0 Å². The quantitative estimate of drug-likeness (QED) is 0.617. The number of hydrogen-bond donors (Lipinski definition) is 2. The fourth-order valence-electron chi connectivity index (χ4n) is 2.29. The molecule has 0 aromatic heterocycles. The van der Waals surface area contributed by atoms with Gasteiger partial charge in [0.25, 0.3) is 0 Å². The van der Waals surface area contributed by atoms with Crippen LogP contribution in [0.1, 0.15) is 42.5 Å². The Morgan fingerprint density at radius 1 is 1.10 bits per heavy atom. The Hall–Kier alpha value is -1.23. The second kappa shape index (κ2) is 7.16. The first-order valence-corrected chi connectivity index (χ1v) is 7.80. The summed E-state index contributed by atoms with van der Waals surface area (Å²) in [6.45, 7) is 4.34. The molecule has 0 aliphatic heterocycles. The SMILES string of the molecule is CC(C)c1ccc(C(Cc2ccc(F)cc2Br)NN)cc1. The highest BCUT2D eigenvalue weighted by Gasteiger charge is 2.13. The average molecular weight is 351 g/mol. The van der Waals surface area contributed by atoms with Crippen LogP contribution < -0.4 is 11.3 Å². The van der Waals surface area contributed by atoms with Crippen LogP contribution in [0.5, 0.6) is 0 Å². The minimum Gasteiger partial charge on any atom is -0.271 e. The van der Waals surface area contributed by atoms with Gasteiger partial charge < -0.3 is 0 Å². The van der Waals surface area contributed by atoms with E-state index in [0.717, 1.165) is 15.6 Å². The fourth-order valence-corrected chi connectivity index (χ4v) is 2.81. The first-order valence-electron chi connectivity index (χ1n) is 7.01. The van der Waals surface area contributed by atoms with Crippen molar-refractivity contribution in [3.63, 3.8) is 0 Å². The fraction of sp³-hybridized carbons (Fsp3) is 0.294. The van der Waals surface area contributed by atoms with Gasteiger partial charge in [0.15, 0.2) is 0 Å². The van der Waals surface area contributed by atoms with Crippen molar-refractivity contribution in [3.05, 3.63) is 69.4 Å². The molecule has 2 aromatic carbocycles. The molecule has 2 nitrogen and oxygen atoms in total. The molecule has 3 N–H and O–H groups in total. The zero-order valence-electron chi connectivity index (χ0n) is 12.2. The molecule has 0 saturated carbocycles. The van der Waals surface area contributed by atoms with E-state index in [1.807, 2.05) is 0 Å². The average Bonchev–Trinajstić information content (AvgIpc) is 2.47. The molecule has 2 aromatic rings. The lowest BCUT2D eigenvalue weighted by atomic mass is 9.96. The summed E-state index contributed by atoms with van der Waals surface area (Å²) in [5.74, 6) is 5.95. The second-order valence-corrected chi connectivity index (χ2v) is 6.33. The smallest absolute Gasteiger partial charge is 0.124 e. The lowest BCUT2D eigenvalue weighted by Crippen LogP contribution is -2.29. The molecular weight excluding hydrogens is 331 g/mol. The van der Waals surface area contributed by atoms with Crippen LogP contribution in [0.4, 0.5) is 4.39 Å². The van der Waals surface area contributed by atoms with E-state index in [0.29, 0.717) is 12.3 Å². The topological polar surface area (TPSA) is 38.0 Å². The number of nitrogens with two attached hydrogens (primary N) is 1. The van der Waals surface area contributed by atoms with E-state index in [1.54, 1.807) is 6.07 Å². The van der Waals surface area contributed by atoms with Crippen LogP contribution >= 0.6 is 15.9 Å². The Labute approximate surface area is 133 Å². The van der Waals surface area contributed by atoms with Crippen LogP contribution in [0.25, 0.3) is 0 Å². The van der Waals surface area contributed by atoms with Crippen LogP contribution in [-0.4, -0.2) is 0 Å². The second-order valence-electron chi connectivity index (χ2n) is 5.48. The maximum atomic E-state index is 13.1. The van der Waals surface area contributed by atoms with Gasteiger partial charge in [-0.25, -0.2) is 4.39 Å². The molecule has 2 rings (SSSR count). The molecule has 0 amide bonds. The maximum absolute atomic E-state index is 13.1. The van der Waals surface area contributed by atoms with E-state index >= 15 is 0 Å². The van der Waals surface area contributed by atoms with E-state index in [1.165, 1.54) is 17.7 Å². The van der Waals surface area contributed by atoms with Gasteiger partial charge in [0.1, 0.15) is 5.82 Å². The highest BCUT2D eigenvalue weighted by atomic mass is 79.9. The lowest BCUT2D eigenvalue weighted by Gasteiger charge is -2.18. The van der Waals surface area contributed by atoms with Gasteiger partial charge in [-0.2, -0.15) is 0 Å².